The third-order valence-corrected chi connectivity index (χ3v) is 3.68. The highest BCUT2D eigenvalue weighted by Gasteiger charge is 2.46. The van der Waals surface area contributed by atoms with E-state index < -0.39 is 5.41 Å². The molecule has 1 fully saturated rings. The predicted octanol–water partition coefficient (Wildman–Crippen LogP) is 3.11. The maximum Gasteiger partial charge on any atom is 0.243 e. The Labute approximate surface area is 105 Å². The van der Waals surface area contributed by atoms with Crippen molar-refractivity contribution in [1.82, 2.24) is 4.90 Å². The van der Waals surface area contributed by atoms with Gasteiger partial charge in [-0.2, -0.15) is 5.26 Å². The Balaban J connectivity index is 2.61. The van der Waals surface area contributed by atoms with Crippen LogP contribution >= 0.6 is 0 Å². The van der Waals surface area contributed by atoms with E-state index in [2.05, 4.69) is 19.9 Å². The Hall–Kier alpha value is -1.04. The van der Waals surface area contributed by atoms with E-state index in [4.69, 9.17) is 0 Å². The summed E-state index contributed by atoms with van der Waals surface area (Å²) in [6.45, 7) is 5.90. The molecular formula is C14H24N2O. The summed E-state index contributed by atoms with van der Waals surface area (Å²) >= 11 is 0. The molecule has 96 valence electrons. The smallest absolute Gasteiger partial charge is 0.243 e. The van der Waals surface area contributed by atoms with Gasteiger partial charge in [-0.05, 0) is 32.1 Å². The summed E-state index contributed by atoms with van der Waals surface area (Å²) in [6.07, 6.45) is 6.81. The number of rotatable bonds is 7. The van der Waals surface area contributed by atoms with Gasteiger partial charge in [0.2, 0.25) is 5.91 Å². The van der Waals surface area contributed by atoms with Crippen LogP contribution in [-0.2, 0) is 4.79 Å². The lowest BCUT2D eigenvalue weighted by molar-refractivity contribution is -0.143. The number of unbranched alkanes of at least 4 members (excludes halogenated alkanes) is 2. The standard InChI is InChI=1S/C14H24N2O/c1-3-5-10-16(11-6-4-2)13(17)14(12-15)8-7-9-14/h3-11H2,1-2H3. The fourth-order valence-electron chi connectivity index (χ4n) is 2.22. The minimum atomic E-state index is -0.665. The molecule has 1 rings (SSSR count). The third-order valence-electron chi connectivity index (χ3n) is 3.68. The highest BCUT2D eigenvalue weighted by molar-refractivity contribution is 5.86. The van der Waals surface area contributed by atoms with Gasteiger partial charge in [-0.15, -0.1) is 0 Å². The van der Waals surface area contributed by atoms with Crippen molar-refractivity contribution in [2.24, 2.45) is 5.41 Å². The number of amides is 1. The van der Waals surface area contributed by atoms with Crippen LogP contribution in [0.2, 0.25) is 0 Å². The summed E-state index contributed by atoms with van der Waals surface area (Å²) in [5.41, 5.74) is -0.665. The lowest BCUT2D eigenvalue weighted by Crippen LogP contribution is -2.47. The topological polar surface area (TPSA) is 44.1 Å². The molecule has 0 aliphatic heterocycles. The largest absolute Gasteiger partial charge is 0.341 e. The third kappa shape index (κ3) is 3.21. The molecule has 0 unspecified atom stereocenters. The van der Waals surface area contributed by atoms with Crippen molar-refractivity contribution >= 4 is 5.91 Å². The van der Waals surface area contributed by atoms with E-state index in [1.807, 2.05) is 4.90 Å². The fraction of sp³-hybridized carbons (Fsp3) is 0.857. The van der Waals surface area contributed by atoms with Gasteiger partial charge in [0.25, 0.3) is 0 Å². The molecule has 1 aliphatic carbocycles. The summed E-state index contributed by atoms with van der Waals surface area (Å²) < 4.78 is 0. The molecule has 0 N–H and O–H groups in total. The Morgan fingerprint density at radius 3 is 2.06 bits per heavy atom. The quantitative estimate of drug-likeness (QED) is 0.681. The van der Waals surface area contributed by atoms with E-state index >= 15 is 0 Å². The second-order valence-corrected chi connectivity index (χ2v) is 5.05. The Morgan fingerprint density at radius 2 is 1.76 bits per heavy atom. The van der Waals surface area contributed by atoms with Gasteiger partial charge in [-0.1, -0.05) is 26.7 Å². The van der Waals surface area contributed by atoms with Crippen molar-refractivity contribution < 1.29 is 4.79 Å². The highest BCUT2D eigenvalue weighted by Crippen LogP contribution is 2.41. The fourth-order valence-corrected chi connectivity index (χ4v) is 2.22. The second kappa shape index (κ2) is 6.64. The normalized spacial score (nSPS) is 17.0. The first-order chi connectivity index (χ1) is 8.20. The summed E-state index contributed by atoms with van der Waals surface area (Å²) in [5.74, 6) is 0.0909. The van der Waals surface area contributed by atoms with Crippen LogP contribution in [0, 0.1) is 16.7 Å². The molecule has 0 heterocycles. The zero-order chi connectivity index (χ0) is 12.7. The van der Waals surface area contributed by atoms with Gasteiger partial charge < -0.3 is 4.90 Å². The molecule has 0 aromatic rings. The van der Waals surface area contributed by atoms with Gasteiger partial charge in [-0.3, -0.25) is 4.79 Å². The van der Waals surface area contributed by atoms with Crippen LogP contribution in [-0.4, -0.2) is 23.9 Å². The zero-order valence-electron chi connectivity index (χ0n) is 11.2. The Kier molecular flexibility index (Phi) is 5.47. The molecule has 3 heteroatoms. The number of hydrogen-bond acceptors (Lipinski definition) is 2. The summed E-state index contributed by atoms with van der Waals surface area (Å²) in [6, 6.07) is 2.26. The van der Waals surface area contributed by atoms with Gasteiger partial charge >= 0.3 is 0 Å². The molecule has 1 amide bonds. The molecule has 3 nitrogen and oxygen atoms in total. The first-order valence-corrected chi connectivity index (χ1v) is 6.91. The number of hydrogen-bond donors (Lipinski definition) is 0. The summed E-state index contributed by atoms with van der Waals surface area (Å²) in [7, 11) is 0. The first kappa shape index (κ1) is 14.0. The molecule has 0 aromatic heterocycles. The van der Waals surface area contributed by atoms with Gasteiger partial charge in [0.05, 0.1) is 6.07 Å². The summed E-state index contributed by atoms with van der Waals surface area (Å²) in [4.78, 5) is 14.3. The molecule has 1 aliphatic rings. The lowest BCUT2D eigenvalue weighted by atomic mass is 9.69. The Bertz CT molecular complexity index is 281. The van der Waals surface area contributed by atoms with E-state index in [0.29, 0.717) is 0 Å². The molecular weight excluding hydrogens is 212 g/mol. The highest BCUT2D eigenvalue weighted by atomic mass is 16.2. The van der Waals surface area contributed by atoms with Crippen molar-refractivity contribution in [3.8, 4) is 6.07 Å². The molecule has 0 spiro atoms. The minimum absolute atomic E-state index is 0.0909. The lowest BCUT2D eigenvalue weighted by Gasteiger charge is -2.38. The van der Waals surface area contributed by atoms with E-state index in [1.165, 1.54) is 0 Å². The molecule has 0 aromatic carbocycles. The van der Waals surface area contributed by atoms with Gasteiger partial charge in [0.15, 0.2) is 0 Å². The summed E-state index contributed by atoms with van der Waals surface area (Å²) in [5, 5.41) is 9.21. The number of carbonyl (C=O) groups excluding carboxylic acids is 1. The van der Waals surface area contributed by atoms with E-state index in [1.54, 1.807) is 0 Å². The minimum Gasteiger partial charge on any atom is -0.341 e. The molecule has 0 radical (unpaired) electrons. The monoisotopic (exact) mass is 236 g/mol. The van der Waals surface area contributed by atoms with Gasteiger partial charge in [-0.25, -0.2) is 0 Å². The van der Waals surface area contributed by atoms with Crippen LogP contribution in [0.15, 0.2) is 0 Å². The molecule has 0 bridgehead atoms. The van der Waals surface area contributed by atoms with Crippen molar-refractivity contribution in [2.75, 3.05) is 13.1 Å². The molecule has 1 saturated carbocycles. The average molecular weight is 236 g/mol. The zero-order valence-corrected chi connectivity index (χ0v) is 11.2. The van der Waals surface area contributed by atoms with Crippen molar-refractivity contribution in [2.45, 2.75) is 58.8 Å². The average Bonchev–Trinajstić information content (AvgIpc) is 2.28. The van der Waals surface area contributed by atoms with Crippen LogP contribution in [0.25, 0.3) is 0 Å². The van der Waals surface area contributed by atoms with Crippen LogP contribution in [0.3, 0.4) is 0 Å². The van der Waals surface area contributed by atoms with Crippen LogP contribution in [0.5, 0.6) is 0 Å². The van der Waals surface area contributed by atoms with Crippen molar-refractivity contribution in [3.05, 3.63) is 0 Å². The molecule has 0 atom stereocenters. The van der Waals surface area contributed by atoms with E-state index in [-0.39, 0.29) is 5.91 Å². The Morgan fingerprint density at radius 1 is 1.24 bits per heavy atom. The van der Waals surface area contributed by atoms with Gasteiger partial charge in [0.1, 0.15) is 5.41 Å². The van der Waals surface area contributed by atoms with Gasteiger partial charge in [0, 0.05) is 13.1 Å². The van der Waals surface area contributed by atoms with Crippen LogP contribution < -0.4 is 0 Å². The van der Waals surface area contributed by atoms with Crippen LogP contribution in [0.4, 0.5) is 0 Å². The second-order valence-electron chi connectivity index (χ2n) is 5.05. The number of nitriles is 1. The maximum atomic E-state index is 12.4. The number of carbonyl (C=O) groups is 1. The van der Waals surface area contributed by atoms with Crippen LogP contribution in [0.1, 0.15) is 58.8 Å². The SMILES string of the molecule is CCCCN(CCCC)C(=O)C1(C#N)CCC1. The van der Waals surface area contributed by atoms with Crippen molar-refractivity contribution in [3.63, 3.8) is 0 Å². The molecule has 0 saturated heterocycles. The number of nitrogens with zero attached hydrogens (tertiary/aromatic N) is 2. The first-order valence-electron chi connectivity index (χ1n) is 6.91. The molecule has 17 heavy (non-hydrogen) atoms. The maximum absolute atomic E-state index is 12.4. The van der Waals surface area contributed by atoms with Crippen molar-refractivity contribution in [1.29, 1.82) is 5.26 Å². The van der Waals surface area contributed by atoms with E-state index in [9.17, 15) is 10.1 Å². The predicted molar refractivity (Wildman–Crippen MR) is 68.3 cm³/mol. The van der Waals surface area contributed by atoms with E-state index in [0.717, 1.165) is 58.0 Å².